The summed E-state index contributed by atoms with van der Waals surface area (Å²) in [6.07, 6.45) is 2.12. The highest BCUT2D eigenvalue weighted by Crippen LogP contribution is 2.18. The Morgan fingerprint density at radius 3 is 2.42 bits per heavy atom. The van der Waals surface area contributed by atoms with E-state index in [2.05, 4.69) is 34.3 Å². The minimum Gasteiger partial charge on any atom is -0.338 e. The second kappa shape index (κ2) is 7.53. The summed E-state index contributed by atoms with van der Waals surface area (Å²) >= 11 is 0. The zero-order chi connectivity index (χ0) is 16.9. The average Bonchev–Trinajstić information content (AvgIpc) is 3.14. The molecule has 1 atom stereocenters. The maximum atomic E-state index is 13.1. The molecule has 0 bridgehead atoms. The van der Waals surface area contributed by atoms with E-state index in [1.165, 1.54) is 6.33 Å². The van der Waals surface area contributed by atoms with Crippen molar-refractivity contribution >= 4 is 5.91 Å². The molecule has 0 radical (unpaired) electrons. The summed E-state index contributed by atoms with van der Waals surface area (Å²) in [6.45, 7) is 7.72. The fourth-order valence-corrected chi connectivity index (χ4v) is 3.11. The number of hydrogen-bond acceptors (Lipinski definition) is 5. The summed E-state index contributed by atoms with van der Waals surface area (Å²) in [5.41, 5.74) is 1.10. The first-order valence-corrected chi connectivity index (χ1v) is 8.44. The van der Waals surface area contributed by atoms with Crippen molar-refractivity contribution in [3.63, 3.8) is 0 Å². The Labute approximate surface area is 142 Å². The van der Waals surface area contributed by atoms with Crippen molar-refractivity contribution in [2.75, 3.05) is 26.2 Å². The quantitative estimate of drug-likeness (QED) is 0.819. The average molecular weight is 328 g/mol. The third-order valence-electron chi connectivity index (χ3n) is 4.60. The second-order valence-corrected chi connectivity index (χ2v) is 6.45. The molecule has 1 aliphatic rings. The van der Waals surface area contributed by atoms with Gasteiger partial charge in [0.05, 0.1) is 0 Å². The van der Waals surface area contributed by atoms with Crippen LogP contribution in [0.2, 0.25) is 0 Å². The van der Waals surface area contributed by atoms with Gasteiger partial charge in [-0.25, -0.2) is 4.68 Å². The summed E-state index contributed by atoms with van der Waals surface area (Å²) in [5.74, 6) is 0.0922. The lowest BCUT2D eigenvalue weighted by Gasteiger charge is -2.38. The highest BCUT2D eigenvalue weighted by Gasteiger charge is 2.30. The smallest absolute Gasteiger partial charge is 0.248 e. The van der Waals surface area contributed by atoms with Crippen LogP contribution in [-0.2, 0) is 11.2 Å². The normalized spacial score (nSPS) is 17.2. The van der Waals surface area contributed by atoms with Crippen LogP contribution in [0, 0.1) is 0 Å². The van der Waals surface area contributed by atoms with E-state index in [4.69, 9.17) is 0 Å². The van der Waals surface area contributed by atoms with Gasteiger partial charge in [0.1, 0.15) is 12.4 Å². The largest absolute Gasteiger partial charge is 0.338 e. The van der Waals surface area contributed by atoms with E-state index >= 15 is 0 Å². The molecule has 7 nitrogen and oxygen atoms in total. The van der Waals surface area contributed by atoms with E-state index in [0.29, 0.717) is 12.5 Å². The van der Waals surface area contributed by atoms with Gasteiger partial charge >= 0.3 is 0 Å². The van der Waals surface area contributed by atoms with Crippen molar-refractivity contribution in [1.82, 2.24) is 30.0 Å². The Morgan fingerprint density at radius 1 is 1.12 bits per heavy atom. The topological polar surface area (TPSA) is 67.2 Å². The van der Waals surface area contributed by atoms with Gasteiger partial charge in [-0.2, -0.15) is 0 Å². The van der Waals surface area contributed by atoms with Crippen molar-refractivity contribution in [3.05, 3.63) is 42.2 Å². The fourth-order valence-electron chi connectivity index (χ4n) is 3.11. The third-order valence-corrected chi connectivity index (χ3v) is 4.60. The van der Waals surface area contributed by atoms with E-state index < -0.39 is 6.04 Å². The van der Waals surface area contributed by atoms with Crippen LogP contribution in [0.4, 0.5) is 0 Å². The number of piperazine rings is 1. The SMILES string of the molecule is CC(C)N1CCN(C(=O)[C@H](Cc2ccccc2)n2cnnn2)CC1. The maximum Gasteiger partial charge on any atom is 0.248 e. The van der Waals surface area contributed by atoms with Crippen LogP contribution in [0.1, 0.15) is 25.5 Å². The Kier molecular flexibility index (Phi) is 5.20. The van der Waals surface area contributed by atoms with E-state index in [1.54, 1.807) is 4.68 Å². The number of amides is 1. The highest BCUT2D eigenvalue weighted by molar-refractivity contribution is 5.80. The standard InChI is InChI=1S/C17H24N6O/c1-14(2)21-8-10-22(11-9-21)17(24)16(23-13-18-19-20-23)12-15-6-4-3-5-7-15/h3-7,13-14,16H,8-12H2,1-2H3/t16-/m0/s1. The fraction of sp³-hybridized carbons (Fsp3) is 0.529. The van der Waals surface area contributed by atoms with Crippen LogP contribution in [0.5, 0.6) is 0 Å². The predicted octanol–water partition coefficient (Wildman–Crippen LogP) is 1.01. The van der Waals surface area contributed by atoms with Crippen LogP contribution in [0.15, 0.2) is 36.7 Å². The number of hydrogen-bond donors (Lipinski definition) is 0. The molecule has 0 aliphatic carbocycles. The molecule has 2 heterocycles. The maximum absolute atomic E-state index is 13.1. The minimum absolute atomic E-state index is 0.0922. The minimum atomic E-state index is -0.395. The van der Waals surface area contributed by atoms with Gasteiger partial charge in [0, 0.05) is 38.6 Å². The molecule has 1 aromatic carbocycles. The van der Waals surface area contributed by atoms with Crippen molar-refractivity contribution in [3.8, 4) is 0 Å². The molecule has 0 spiro atoms. The van der Waals surface area contributed by atoms with Crippen LogP contribution in [0.25, 0.3) is 0 Å². The van der Waals surface area contributed by atoms with Gasteiger partial charge in [-0.1, -0.05) is 30.3 Å². The van der Waals surface area contributed by atoms with Crippen LogP contribution >= 0.6 is 0 Å². The molecule has 24 heavy (non-hydrogen) atoms. The number of nitrogens with zero attached hydrogens (tertiary/aromatic N) is 6. The summed E-state index contributed by atoms with van der Waals surface area (Å²) in [6, 6.07) is 10.1. The Morgan fingerprint density at radius 2 is 1.83 bits per heavy atom. The first-order chi connectivity index (χ1) is 11.6. The van der Waals surface area contributed by atoms with E-state index in [-0.39, 0.29) is 5.91 Å². The monoisotopic (exact) mass is 328 g/mol. The molecule has 2 aromatic rings. The van der Waals surface area contributed by atoms with Crippen molar-refractivity contribution in [2.45, 2.75) is 32.4 Å². The summed E-state index contributed by atoms with van der Waals surface area (Å²) in [7, 11) is 0. The molecule has 1 aliphatic heterocycles. The molecule has 7 heteroatoms. The number of tetrazole rings is 1. The number of carbonyl (C=O) groups excluding carboxylic acids is 1. The lowest BCUT2D eigenvalue weighted by atomic mass is 10.0. The summed E-state index contributed by atoms with van der Waals surface area (Å²) < 4.78 is 1.57. The van der Waals surface area contributed by atoms with Gasteiger partial charge in [-0.3, -0.25) is 9.69 Å². The predicted molar refractivity (Wildman–Crippen MR) is 90.3 cm³/mol. The molecule has 0 N–H and O–H groups in total. The molecule has 1 saturated heterocycles. The Balaban J connectivity index is 1.73. The number of benzene rings is 1. The van der Waals surface area contributed by atoms with Crippen molar-refractivity contribution in [2.24, 2.45) is 0 Å². The lowest BCUT2D eigenvalue weighted by molar-refractivity contribution is -0.137. The van der Waals surface area contributed by atoms with Crippen molar-refractivity contribution in [1.29, 1.82) is 0 Å². The third kappa shape index (κ3) is 3.79. The summed E-state index contributed by atoms with van der Waals surface area (Å²) in [5, 5.41) is 11.4. The molecule has 0 unspecified atom stereocenters. The molecule has 3 rings (SSSR count). The van der Waals surface area contributed by atoms with E-state index in [1.807, 2.05) is 35.2 Å². The van der Waals surface area contributed by atoms with Crippen LogP contribution in [0.3, 0.4) is 0 Å². The Hall–Kier alpha value is -2.28. The van der Waals surface area contributed by atoms with Gasteiger partial charge < -0.3 is 4.90 Å². The molecule has 1 fully saturated rings. The summed E-state index contributed by atoms with van der Waals surface area (Å²) in [4.78, 5) is 17.4. The van der Waals surface area contributed by atoms with Gasteiger partial charge in [-0.05, 0) is 29.8 Å². The molecule has 0 saturated carbocycles. The zero-order valence-corrected chi connectivity index (χ0v) is 14.2. The molecular weight excluding hydrogens is 304 g/mol. The molecule has 1 amide bonds. The Bertz CT molecular complexity index is 634. The van der Waals surface area contributed by atoms with Crippen LogP contribution < -0.4 is 0 Å². The van der Waals surface area contributed by atoms with Gasteiger partial charge in [-0.15, -0.1) is 5.10 Å². The zero-order valence-electron chi connectivity index (χ0n) is 14.2. The highest BCUT2D eigenvalue weighted by atomic mass is 16.2. The van der Waals surface area contributed by atoms with Crippen LogP contribution in [-0.4, -0.2) is 68.1 Å². The number of rotatable bonds is 5. The van der Waals surface area contributed by atoms with E-state index in [0.717, 1.165) is 31.7 Å². The molecule has 128 valence electrons. The van der Waals surface area contributed by atoms with Gasteiger partial charge in [0.25, 0.3) is 0 Å². The molecular formula is C17H24N6O. The lowest BCUT2D eigenvalue weighted by Crippen LogP contribution is -2.52. The number of aromatic nitrogens is 4. The second-order valence-electron chi connectivity index (χ2n) is 6.45. The number of carbonyl (C=O) groups is 1. The first-order valence-electron chi connectivity index (χ1n) is 8.44. The van der Waals surface area contributed by atoms with Gasteiger partial charge in [0.15, 0.2) is 0 Å². The van der Waals surface area contributed by atoms with Crippen molar-refractivity contribution < 1.29 is 4.79 Å². The van der Waals surface area contributed by atoms with Gasteiger partial charge in [0.2, 0.25) is 5.91 Å². The first kappa shape index (κ1) is 16.6. The molecule has 1 aromatic heterocycles. The van der Waals surface area contributed by atoms with E-state index in [9.17, 15) is 4.79 Å².